The van der Waals surface area contributed by atoms with Crippen molar-refractivity contribution < 1.29 is 13.6 Å². The summed E-state index contributed by atoms with van der Waals surface area (Å²) < 4.78 is 12.4. The Balaban J connectivity index is 2.71. The third kappa shape index (κ3) is 4.16. The molecule has 0 aromatic rings. The van der Waals surface area contributed by atoms with E-state index < -0.39 is 16.6 Å². The highest BCUT2D eigenvalue weighted by atomic mass is 28.4. The van der Waals surface area contributed by atoms with Gasteiger partial charge in [0.1, 0.15) is 12.1 Å². The molecule has 3 atom stereocenters. The molecule has 6 heteroatoms. The fourth-order valence-corrected chi connectivity index (χ4v) is 4.42. The minimum Gasteiger partial charge on any atom is -0.413 e. The number of hydrogen-bond donors (Lipinski definition) is 1. The van der Waals surface area contributed by atoms with Crippen molar-refractivity contribution >= 4 is 22.5 Å². The summed E-state index contributed by atoms with van der Waals surface area (Å²) in [5.41, 5.74) is 0. The van der Waals surface area contributed by atoms with Crippen LogP contribution in [0.15, 0.2) is 0 Å². The number of amides is 1. The molecular weight excluding hydrogens is 286 g/mol. The van der Waals surface area contributed by atoms with Crippen LogP contribution in [0.1, 0.15) is 27.7 Å². The fourth-order valence-electron chi connectivity index (χ4n) is 2.03. The van der Waals surface area contributed by atoms with Gasteiger partial charge in [0.25, 0.3) is 0 Å². The van der Waals surface area contributed by atoms with Crippen LogP contribution in [0.4, 0.5) is 0 Å². The Labute approximate surface area is 125 Å². The molecule has 0 aromatic carbocycles. The van der Waals surface area contributed by atoms with Gasteiger partial charge in [0.15, 0.2) is 16.6 Å². The molecule has 1 fully saturated rings. The van der Waals surface area contributed by atoms with Crippen molar-refractivity contribution in [3.8, 4) is 0 Å². The molecule has 1 saturated heterocycles. The van der Waals surface area contributed by atoms with Gasteiger partial charge in [-0.2, -0.15) is 0 Å². The lowest BCUT2D eigenvalue weighted by atomic mass is 9.94. The predicted octanol–water partition coefficient (Wildman–Crippen LogP) is 3.32. The van der Waals surface area contributed by atoms with Gasteiger partial charge in [-0.3, -0.25) is 4.79 Å². The van der Waals surface area contributed by atoms with Crippen molar-refractivity contribution in [3.63, 3.8) is 0 Å². The molecule has 0 spiro atoms. The molecule has 1 aliphatic rings. The standard InChI is InChI=1S/C14H31NO3Si2/c1-10(17-20(8,9)14(2,3)4)11-12(16)15-13(11)18-19(5,6)7/h10-11,13H,1-9H3,(H,15,16)/t10?,11-,13?/m0/s1. The summed E-state index contributed by atoms with van der Waals surface area (Å²) in [6.07, 6.45) is -0.264. The van der Waals surface area contributed by atoms with Crippen LogP contribution in [0.2, 0.25) is 37.8 Å². The molecule has 4 nitrogen and oxygen atoms in total. The summed E-state index contributed by atoms with van der Waals surface area (Å²) in [5.74, 6) is -0.115. The average Bonchev–Trinajstić information content (AvgIpc) is 2.10. The Kier molecular flexibility index (Phi) is 4.96. The zero-order valence-electron chi connectivity index (χ0n) is 14.5. The van der Waals surface area contributed by atoms with Crippen LogP contribution < -0.4 is 5.32 Å². The van der Waals surface area contributed by atoms with Crippen molar-refractivity contribution in [1.29, 1.82) is 0 Å². The second-order valence-corrected chi connectivity index (χ2v) is 17.5. The van der Waals surface area contributed by atoms with Gasteiger partial charge in [-0.1, -0.05) is 20.8 Å². The van der Waals surface area contributed by atoms with Gasteiger partial charge in [0, 0.05) is 0 Å². The molecule has 20 heavy (non-hydrogen) atoms. The van der Waals surface area contributed by atoms with E-state index in [4.69, 9.17) is 8.85 Å². The zero-order chi connectivity index (χ0) is 15.9. The lowest BCUT2D eigenvalue weighted by Gasteiger charge is -2.46. The number of rotatable bonds is 5. The molecule has 0 aromatic heterocycles. The molecule has 2 unspecified atom stereocenters. The molecule has 1 N–H and O–H groups in total. The van der Waals surface area contributed by atoms with E-state index in [0.717, 1.165) is 0 Å². The van der Waals surface area contributed by atoms with Crippen molar-refractivity contribution in [2.45, 2.75) is 77.8 Å². The number of carbonyl (C=O) groups is 1. The maximum Gasteiger partial charge on any atom is 0.232 e. The second kappa shape index (κ2) is 5.55. The molecule has 0 bridgehead atoms. The number of nitrogens with one attached hydrogen (secondary N) is 1. The lowest BCUT2D eigenvalue weighted by molar-refractivity contribution is -0.151. The van der Waals surface area contributed by atoms with E-state index in [0.29, 0.717) is 0 Å². The van der Waals surface area contributed by atoms with Gasteiger partial charge in [-0.05, 0) is 44.7 Å². The summed E-state index contributed by atoms with van der Waals surface area (Å²) in [7, 11) is -3.52. The van der Waals surface area contributed by atoms with Gasteiger partial charge < -0.3 is 14.2 Å². The molecule has 1 rings (SSSR count). The first-order valence-corrected chi connectivity index (χ1v) is 13.7. The van der Waals surface area contributed by atoms with Crippen LogP contribution >= 0.6 is 0 Å². The first-order chi connectivity index (χ1) is 8.74. The number of carbonyl (C=O) groups excluding carboxylic acids is 1. The van der Waals surface area contributed by atoms with E-state index >= 15 is 0 Å². The Bertz CT molecular complexity index is 372. The largest absolute Gasteiger partial charge is 0.413 e. The van der Waals surface area contributed by atoms with Crippen molar-refractivity contribution in [2.24, 2.45) is 5.92 Å². The Morgan fingerprint density at radius 3 is 2.00 bits per heavy atom. The zero-order valence-corrected chi connectivity index (χ0v) is 16.5. The third-order valence-electron chi connectivity index (χ3n) is 4.19. The third-order valence-corrected chi connectivity index (χ3v) is 9.72. The maximum absolute atomic E-state index is 11.9. The van der Waals surface area contributed by atoms with Crippen LogP contribution in [0.3, 0.4) is 0 Å². The highest BCUT2D eigenvalue weighted by Crippen LogP contribution is 2.39. The Morgan fingerprint density at radius 2 is 1.65 bits per heavy atom. The molecule has 118 valence electrons. The van der Waals surface area contributed by atoms with Gasteiger partial charge in [0.2, 0.25) is 5.91 Å². The molecule has 1 heterocycles. The van der Waals surface area contributed by atoms with Crippen LogP contribution in [0, 0.1) is 5.92 Å². The molecule has 0 radical (unpaired) electrons. The topological polar surface area (TPSA) is 47.6 Å². The molecule has 0 aliphatic carbocycles. The normalized spacial score (nSPS) is 25.9. The fraction of sp³-hybridized carbons (Fsp3) is 0.929. The van der Waals surface area contributed by atoms with E-state index in [-0.39, 0.29) is 29.2 Å². The minimum atomic E-state index is -1.86. The summed E-state index contributed by atoms with van der Waals surface area (Å²) >= 11 is 0. The molecular formula is C14H31NO3Si2. The monoisotopic (exact) mass is 317 g/mol. The van der Waals surface area contributed by atoms with E-state index in [9.17, 15) is 4.79 Å². The average molecular weight is 318 g/mol. The van der Waals surface area contributed by atoms with E-state index in [1.807, 2.05) is 6.92 Å². The first-order valence-electron chi connectivity index (χ1n) is 7.41. The molecule has 0 saturated carbocycles. The Hall–Kier alpha value is -0.176. The lowest BCUT2D eigenvalue weighted by Crippen LogP contribution is -2.66. The first kappa shape index (κ1) is 17.9. The maximum atomic E-state index is 11.9. The van der Waals surface area contributed by atoms with Crippen LogP contribution in [0.25, 0.3) is 0 Å². The Morgan fingerprint density at radius 1 is 1.15 bits per heavy atom. The van der Waals surface area contributed by atoms with Crippen molar-refractivity contribution in [1.82, 2.24) is 5.32 Å². The highest BCUT2D eigenvalue weighted by Gasteiger charge is 2.49. The van der Waals surface area contributed by atoms with Gasteiger partial charge in [0.05, 0.1) is 6.10 Å². The van der Waals surface area contributed by atoms with Gasteiger partial charge in [-0.25, -0.2) is 0 Å². The summed E-state index contributed by atoms with van der Waals surface area (Å²) in [6, 6.07) is 0. The SMILES string of the molecule is CC(O[Si](C)(C)C(C)(C)C)[C@H]1C(=O)NC1O[Si](C)(C)C. The van der Waals surface area contributed by atoms with Gasteiger partial charge in [-0.15, -0.1) is 0 Å². The van der Waals surface area contributed by atoms with Gasteiger partial charge >= 0.3 is 0 Å². The number of hydrogen-bond acceptors (Lipinski definition) is 3. The number of β-lactam (4-membered cyclic amide) rings is 1. The van der Waals surface area contributed by atoms with E-state index in [1.54, 1.807) is 0 Å². The van der Waals surface area contributed by atoms with Crippen LogP contribution in [-0.2, 0) is 13.6 Å². The van der Waals surface area contributed by atoms with Crippen LogP contribution in [0.5, 0.6) is 0 Å². The summed E-state index contributed by atoms with van der Waals surface area (Å²) in [6.45, 7) is 19.5. The summed E-state index contributed by atoms with van der Waals surface area (Å²) in [5, 5.41) is 3.01. The summed E-state index contributed by atoms with van der Waals surface area (Å²) in [4.78, 5) is 11.9. The highest BCUT2D eigenvalue weighted by molar-refractivity contribution is 6.74. The van der Waals surface area contributed by atoms with Crippen LogP contribution in [-0.4, -0.2) is 34.9 Å². The quantitative estimate of drug-likeness (QED) is 0.625. The molecule has 1 amide bonds. The van der Waals surface area contributed by atoms with E-state index in [1.165, 1.54) is 0 Å². The van der Waals surface area contributed by atoms with Crippen molar-refractivity contribution in [3.05, 3.63) is 0 Å². The smallest absolute Gasteiger partial charge is 0.232 e. The molecule has 1 aliphatic heterocycles. The minimum absolute atomic E-state index is 0.0551. The predicted molar refractivity (Wildman–Crippen MR) is 87.6 cm³/mol. The second-order valence-electron chi connectivity index (χ2n) is 8.27. The van der Waals surface area contributed by atoms with Crippen molar-refractivity contribution in [2.75, 3.05) is 0 Å². The van der Waals surface area contributed by atoms with E-state index in [2.05, 4.69) is 58.8 Å².